The van der Waals surface area contributed by atoms with Gasteiger partial charge in [-0.05, 0) is 35.8 Å². The van der Waals surface area contributed by atoms with E-state index in [9.17, 15) is 4.79 Å². The first-order chi connectivity index (χ1) is 14.2. The van der Waals surface area contributed by atoms with Gasteiger partial charge in [0.1, 0.15) is 5.82 Å². The molecule has 150 valence electrons. The van der Waals surface area contributed by atoms with Gasteiger partial charge in [-0.15, -0.1) is 0 Å². The maximum absolute atomic E-state index is 12.2. The molecule has 0 aliphatic carbocycles. The summed E-state index contributed by atoms with van der Waals surface area (Å²) >= 11 is 7.21. The first-order valence-corrected chi connectivity index (χ1v) is 10.3. The van der Waals surface area contributed by atoms with E-state index in [2.05, 4.69) is 29.9 Å². The number of halogens is 1. The molecule has 4 rings (SSSR count). The Hall–Kier alpha value is -2.75. The van der Waals surface area contributed by atoms with Crippen molar-refractivity contribution in [3.05, 3.63) is 58.2 Å². The average molecular weight is 431 g/mol. The number of benzene rings is 1. The smallest absolute Gasteiger partial charge is 0.254 e. The van der Waals surface area contributed by atoms with Gasteiger partial charge in [0.2, 0.25) is 5.95 Å². The molecule has 2 aromatic heterocycles. The second kappa shape index (κ2) is 9.17. The number of aromatic nitrogens is 3. The Morgan fingerprint density at radius 2 is 2.00 bits per heavy atom. The summed E-state index contributed by atoms with van der Waals surface area (Å²) in [6.45, 7) is 2.99. The van der Waals surface area contributed by atoms with E-state index >= 15 is 0 Å². The molecular weight excluding hydrogens is 412 g/mol. The molecule has 0 radical (unpaired) electrons. The van der Waals surface area contributed by atoms with Gasteiger partial charge in [0, 0.05) is 35.2 Å². The van der Waals surface area contributed by atoms with Gasteiger partial charge in [0.15, 0.2) is 0 Å². The van der Waals surface area contributed by atoms with Crippen LogP contribution in [0.5, 0.6) is 0 Å². The lowest BCUT2D eigenvalue weighted by Gasteiger charge is -2.27. The van der Waals surface area contributed by atoms with Gasteiger partial charge in [-0.1, -0.05) is 11.6 Å². The first-order valence-electron chi connectivity index (χ1n) is 9.08. The molecule has 3 aromatic rings. The molecule has 1 aliphatic rings. The molecule has 0 atom stereocenters. The van der Waals surface area contributed by atoms with E-state index in [0.29, 0.717) is 41.3 Å². The molecule has 8 nitrogen and oxygen atoms in total. The van der Waals surface area contributed by atoms with E-state index in [0.717, 1.165) is 18.8 Å². The molecule has 3 heterocycles. The lowest BCUT2D eigenvalue weighted by atomic mass is 10.3. The second-order valence-corrected chi connectivity index (χ2v) is 7.47. The average Bonchev–Trinajstić information content (AvgIpc) is 3.29. The van der Waals surface area contributed by atoms with Crippen molar-refractivity contribution < 1.29 is 9.53 Å². The summed E-state index contributed by atoms with van der Waals surface area (Å²) in [6.07, 6.45) is 1.55. The van der Waals surface area contributed by atoms with Crippen molar-refractivity contribution in [2.45, 2.75) is 6.54 Å². The lowest BCUT2D eigenvalue weighted by molar-refractivity contribution is 0.0950. The molecule has 29 heavy (non-hydrogen) atoms. The van der Waals surface area contributed by atoms with Crippen LogP contribution in [0.4, 0.5) is 17.5 Å². The second-order valence-electron chi connectivity index (χ2n) is 6.37. The zero-order valence-corrected chi connectivity index (χ0v) is 17.0. The van der Waals surface area contributed by atoms with E-state index in [1.54, 1.807) is 11.6 Å². The van der Waals surface area contributed by atoms with Crippen molar-refractivity contribution in [1.29, 1.82) is 0 Å². The molecular formula is C19H19ClN6O2S. The van der Waals surface area contributed by atoms with Crippen molar-refractivity contribution in [3.8, 4) is 0 Å². The molecule has 0 spiro atoms. The summed E-state index contributed by atoms with van der Waals surface area (Å²) in [5.41, 5.74) is 2.10. The monoisotopic (exact) mass is 430 g/mol. The van der Waals surface area contributed by atoms with Crippen LogP contribution in [-0.4, -0.2) is 46.6 Å². The molecule has 1 fully saturated rings. The minimum atomic E-state index is -0.183. The Bertz CT molecular complexity index is 961. The highest BCUT2D eigenvalue weighted by Crippen LogP contribution is 2.21. The van der Waals surface area contributed by atoms with Gasteiger partial charge in [-0.25, -0.2) is 9.36 Å². The number of nitrogens with one attached hydrogen (secondary N) is 2. The van der Waals surface area contributed by atoms with Crippen LogP contribution in [0.15, 0.2) is 41.9 Å². The van der Waals surface area contributed by atoms with Gasteiger partial charge in [0.05, 0.1) is 37.2 Å². The number of hydrogen-bond acceptors (Lipinski definition) is 8. The topological polar surface area (TPSA) is 92.3 Å². The van der Waals surface area contributed by atoms with Crippen LogP contribution in [0.2, 0.25) is 5.02 Å². The highest BCUT2D eigenvalue weighted by Gasteiger charge is 2.16. The van der Waals surface area contributed by atoms with Gasteiger partial charge in [0.25, 0.3) is 5.91 Å². The number of anilines is 3. The largest absolute Gasteiger partial charge is 0.378 e. The Labute approximate surface area is 177 Å². The molecule has 1 amide bonds. The number of carbonyl (C=O) groups excluding carboxylic acids is 1. The number of nitrogens with zero attached hydrogens (tertiary/aromatic N) is 4. The molecule has 10 heteroatoms. The van der Waals surface area contributed by atoms with Gasteiger partial charge < -0.3 is 20.3 Å². The predicted octanol–water partition coefficient (Wildman–Crippen LogP) is 3.10. The van der Waals surface area contributed by atoms with E-state index in [1.807, 2.05) is 30.3 Å². The standard InChI is InChI=1S/C19H19ClN6O2S/c20-14-1-3-15(4-2-14)23-17-9-16(11-21-18(27)13-10-22-29-12-13)24-19(25-17)26-5-7-28-8-6-26/h1-4,9-10,12H,5-8,11H2,(H,21,27)(H,23,24,25). The van der Waals surface area contributed by atoms with E-state index in [-0.39, 0.29) is 12.5 Å². The number of amides is 1. The van der Waals surface area contributed by atoms with Crippen molar-refractivity contribution in [1.82, 2.24) is 19.7 Å². The zero-order chi connectivity index (χ0) is 20.1. The lowest BCUT2D eigenvalue weighted by Crippen LogP contribution is -2.37. The summed E-state index contributed by atoms with van der Waals surface area (Å²) in [5, 5.41) is 8.53. The fourth-order valence-corrected chi connectivity index (χ4v) is 3.46. The van der Waals surface area contributed by atoms with E-state index < -0.39 is 0 Å². The molecule has 1 saturated heterocycles. The molecule has 1 aliphatic heterocycles. The normalized spacial score (nSPS) is 13.9. The molecule has 0 bridgehead atoms. The Balaban J connectivity index is 1.55. The van der Waals surface area contributed by atoms with Crippen LogP contribution in [0.25, 0.3) is 0 Å². The van der Waals surface area contributed by atoms with Crippen LogP contribution in [-0.2, 0) is 11.3 Å². The SMILES string of the molecule is O=C(NCc1cc(Nc2ccc(Cl)cc2)nc(N2CCOCC2)n1)c1cnsc1. The van der Waals surface area contributed by atoms with Crippen LogP contribution < -0.4 is 15.5 Å². The summed E-state index contributed by atoms with van der Waals surface area (Å²) in [7, 11) is 0. The molecule has 1 aromatic carbocycles. The van der Waals surface area contributed by atoms with Crippen LogP contribution in [0, 0.1) is 0 Å². The first kappa shape index (κ1) is 19.6. The van der Waals surface area contributed by atoms with Gasteiger partial charge in [-0.3, -0.25) is 4.79 Å². The molecule has 2 N–H and O–H groups in total. The Morgan fingerprint density at radius 1 is 1.21 bits per heavy atom. The Kier molecular flexibility index (Phi) is 6.18. The fourth-order valence-electron chi connectivity index (χ4n) is 2.81. The maximum Gasteiger partial charge on any atom is 0.254 e. The number of carbonyl (C=O) groups is 1. The Morgan fingerprint density at radius 3 is 2.72 bits per heavy atom. The maximum atomic E-state index is 12.2. The predicted molar refractivity (Wildman–Crippen MR) is 113 cm³/mol. The number of rotatable bonds is 6. The quantitative estimate of drug-likeness (QED) is 0.620. The summed E-state index contributed by atoms with van der Waals surface area (Å²) in [6, 6.07) is 9.20. The van der Waals surface area contributed by atoms with E-state index in [4.69, 9.17) is 16.3 Å². The fraction of sp³-hybridized carbons (Fsp3) is 0.263. The zero-order valence-electron chi connectivity index (χ0n) is 15.5. The highest BCUT2D eigenvalue weighted by molar-refractivity contribution is 7.03. The number of morpholine rings is 1. The van der Waals surface area contributed by atoms with Gasteiger partial charge >= 0.3 is 0 Å². The third-order valence-electron chi connectivity index (χ3n) is 4.30. The van der Waals surface area contributed by atoms with Crippen LogP contribution >= 0.6 is 23.1 Å². The molecule has 0 unspecified atom stereocenters. The van der Waals surface area contributed by atoms with Crippen molar-refractivity contribution in [2.75, 3.05) is 36.5 Å². The van der Waals surface area contributed by atoms with Gasteiger partial charge in [-0.2, -0.15) is 4.98 Å². The van der Waals surface area contributed by atoms with Crippen LogP contribution in [0.3, 0.4) is 0 Å². The minimum Gasteiger partial charge on any atom is -0.378 e. The number of hydrogen-bond donors (Lipinski definition) is 2. The van der Waals surface area contributed by atoms with E-state index in [1.165, 1.54) is 11.5 Å². The van der Waals surface area contributed by atoms with Crippen LogP contribution in [0.1, 0.15) is 16.1 Å². The van der Waals surface area contributed by atoms with Crippen molar-refractivity contribution in [2.24, 2.45) is 0 Å². The highest BCUT2D eigenvalue weighted by atomic mass is 35.5. The minimum absolute atomic E-state index is 0.183. The molecule has 0 saturated carbocycles. The summed E-state index contributed by atoms with van der Waals surface area (Å²) in [4.78, 5) is 23.6. The summed E-state index contributed by atoms with van der Waals surface area (Å²) < 4.78 is 9.38. The number of ether oxygens (including phenoxy) is 1. The third-order valence-corrected chi connectivity index (χ3v) is 5.14. The van der Waals surface area contributed by atoms with Crippen molar-refractivity contribution >= 4 is 46.5 Å². The van der Waals surface area contributed by atoms with Crippen molar-refractivity contribution in [3.63, 3.8) is 0 Å². The third kappa shape index (κ3) is 5.20. The summed E-state index contributed by atoms with van der Waals surface area (Å²) in [5.74, 6) is 1.07.